The van der Waals surface area contributed by atoms with Gasteiger partial charge in [-0.25, -0.2) is 0 Å². The van der Waals surface area contributed by atoms with Crippen LogP contribution in [-0.4, -0.2) is 17.0 Å². The molecule has 1 rings (SSSR count). The summed E-state index contributed by atoms with van der Waals surface area (Å²) in [5, 5.41) is 3.29. The van der Waals surface area contributed by atoms with Crippen molar-refractivity contribution in [2.75, 3.05) is 6.54 Å². The van der Waals surface area contributed by atoms with E-state index >= 15 is 0 Å². The van der Waals surface area contributed by atoms with Gasteiger partial charge in [0.05, 0.1) is 5.02 Å². The number of rotatable bonds is 5. The van der Waals surface area contributed by atoms with Gasteiger partial charge in [-0.1, -0.05) is 17.2 Å². The minimum absolute atomic E-state index is 0.0879. The highest BCUT2D eigenvalue weighted by Gasteiger charge is 1.98. The monoisotopic (exact) mass is 268 g/mol. The van der Waals surface area contributed by atoms with Gasteiger partial charge in [-0.2, -0.15) is 0 Å². The highest BCUT2D eigenvalue weighted by atomic mass is 35.5. The van der Waals surface area contributed by atoms with Gasteiger partial charge in [0.1, 0.15) is 0 Å². The Kier molecular flexibility index (Phi) is 5.65. The number of hydrogen-bond donors (Lipinski definition) is 1. The van der Waals surface area contributed by atoms with Gasteiger partial charge in [-0.15, -0.1) is 0 Å². The Labute approximate surface area is 111 Å². The maximum absolute atomic E-state index is 11.5. The number of carbonyl (C=O) groups is 1. The molecule has 5 heteroatoms. The molecule has 0 aliphatic rings. The van der Waals surface area contributed by atoms with E-state index in [1.807, 2.05) is 13.8 Å². The van der Waals surface area contributed by atoms with Gasteiger partial charge in [-0.05, 0) is 26.3 Å². The van der Waals surface area contributed by atoms with Crippen LogP contribution in [0.4, 0.5) is 0 Å². The molecule has 0 atom stereocenters. The van der Waals surface area contributed by atoms with Crippen LogP contribution in [-0.2, 0) is 11.3 Å². The predicted octanol–water partition coefficient (Wildman–Crippen LogP) is 1.97. The van der Waals surface area contributed by atoms with Crippen molar-refractivity contribution in [3.8, 4) is 0 Å². The highest BCUT2D eigenvalue weighted by Crippen LogP contribution is 2.03. The van der Waals surface area contributed by atoms with Crippen molar-refractivity contribution in [1.29, 1.82) is 0 Å². The van der Waals surface area contributed by atoms with Crippen LogP contribution in [0.15, 0.2) is 34.8 Å². The topological polar surface area (TPSA) is 51.1 Å². The molecule has 0 saturated carbocycles. The maximum Gasteiger partial charge on any atom is 0.250 e. The summed E-state index contributed by atoms with van der Waals surface area (Å²) in [6.45, 7) is 4.80. The number of nitrogens with zero attached hydrogens (tertiary/aromatic N) is 1. The maximum atomic E-state index is 11.5. The molecule has 0 unspecified atom stereocenters. The third-order valence-electron chi connectivity index (χ3n) is 2.24. The number of nitrogens with one attached hydrogen (secondary N) is 1. The van der Waals surface area contributed by atoms with Gasteiger partial charge >= 0.3 is 0 Å². The number of amides is 1. The fourth-order valence-electron chi connectivity index (χ4n) is 1.45. The van der Waals surface area contributed by atoms with Crippen LogP contribution < -0.4 is 10.9 Å². The van der Waals surface area contributed by atoms with E-state index in [1.165, 1.54) is 10.6 Å². The van der Waals surface area contributed by atoms with Crippen molar-refractivity contribution in [2.45, 2.75) is 26.8 Å². The lowest BCUT2D eigenvalue weighted by molar-refractivity contribution is -0.116. The summed E-state index contributed by atoms with van der Waals surface area (Å²) in [6.07, 6.45) is 3.83. The van der Waals surface area contributed by atoms with Gasteiger partial charge in [-0.3, -0.25) is 9.59 Å². The van der Waals surface area contributed by atoms with E-state index < -0.39 is 0 Å². The molecule has 1 heterocycles. The van der Waals surface area contributed by atoms with Crippen molar-refractivity contribution >= 4 is 17.5 Å². The number of allylic oxidation sites excluding steroid dienone is 1. The lowest BCUT2D eigenvalue weighted by atomic mass is 10.3. The normalized spacial score (nSPS) is 9.94. The van der Waals surface area contributed by atoms with Crippen LogP contribution in [0, 0.1) is 0 Å². The first-order chi connectivity index (χ1) is 8.49. The molecule has 0 radical (unpaired) electrons. The smallest absolute Gasteiger partial charge is 0.250 e. The molecule has 0 fully saturated rings. The van der Waals surface area contributed by atoms with Crippen LogP contribution in [0.2, 0.25) is 5.02 Å². The summed E-state index contributed by atoms with van der Waals surface area (Å²) in [5.41, 5.74) is 0.869. The van der Waals surface area contributed by atoms with Crippen molar-refractivity contribution in [2.24, 2.45) is 0 Å². The minimum Gasteiger partial charge on any atom is -0.352 e. The summed E-state index contributed by atoms with van der Waals surface area (Å²) in [5.74, 6) is -0.103. The number of aryl methyl sites for hydroxylation is 1. The molecule has 0 spiro atoms. The molecular formula is C13H17ClN2O2. The van der Waals surface area contributed by atoms with Gasteiger partial charge in [0.15, 0.2) is 0 Å². The van der Waals surface area contributed by atoms with Crippen LogP contribution >= 0.6 is 11.6 Å². The van der Waals surface area contributed by atoms with E-state index in [1.54, 1.807) is 18.3 Å². The summed E-state index contributed by atoms with van der Waals surface area (Å²) in [7, 11) is 0. The van der Waals surface area contributed by atoms with Crippen LogP contribution in [0.5, 0.6) is 0 Å². The summed E-state index contributed by atoms with van der Waals surface area (Å²) < 4.78 is 1.54. The molecular weight excluding hydrogens is 252 g/mol. The average Bonchev–Trinajstić information content (AvgIpc) is 2.28. The molecule has 0 bridgehead atoms. The van der Waals surface area contributed by atoms with E-state index in [-0.39, 0.29) is 11.5 Å². The first-order valence-electron chi connectivity index (χ1n) is 5.78. The van der Waals surface area contributed by atoms with Crippen LogP contribution in [0.3, 0.4) is 0 Å². The van der Waals surface area contributed by atoms with Crippen LogP contribution in [0.25, 0.3) is 0 Å². The molecule has 0 aliphatic carbocycles. The molecule has 18 heavy (non-hydrogen) atoms. The Morgan fingerprint density at radius 3 is 2.83 bits per heavy atom. The second-order valence-electron chi connectivity index (χ2n) is 4.25. The van der Waals surface area contributed by atoms with E-state index in [0.717, 1.165) is 5.57 Å². The van der Waals surface area contributed by atoms with Gasteiger partial charge in [0, 0.05) is 31.4 Å². The molecule has 0 aromatic carbocycles. The molecule has 0 saturated heterocycles. The first-order valence-corrected chi connectivity index (χ1v) is 6.15. The Hall–Kier alpha value is -1.55. The zero-order valence-corrected chi connectivity index (χ0v) is 11.3. The third kappa shape index (κ3) is 5.19. The SMILES string of the molecule is CC(C)=CC(=O)NCCCn1cc(Cl)ccc1=O. The Morgan fingerprint density at radius 2 is 2.17 bits per heavy atom. The van der Waals surface area contributed by atoms with Crippen LogP contribution in [0.1, 0.15) is 20.3 Å². The number of halogens is 1. The number of hydrogen-bond acceptors (Lipinski definition) is 2. The summed E-state index contributed by atoms with van der Waals surface area (Å²) in [6, 6.07) is 3.00. The Bertz CT molecular complexity index is 502. The van der Waals surface area contributed by atoms with E-state index in [9.17, 15) is 9.59 Å². The zero-order chi connectivity index (χ0) is 13.5. The predicted molar refractivity (Wildman–Crippen MR) is 72.8 cm³/mol. The lowest BCUT2D eigenvalue weighted by Gasteiger charge is -2.06. The largest absolute Gasteiger partial charge is 0.352 e. The van der Waals surface area contributed by atoms with E-state index in [0.29, 0.717) is 24.5 Å². The van der Waals surface area contributed by atoms with E-state index in [2.05, 4.69) is 5.32 Å². The van der Waals surface area contributed by atoms with Crippen molar-refractivity contribution in [3.05, 3.63) is 45.4 Å². The fraction of sp³-hybridized carbons (Fsp3) is 0.385. The number of pyridine rings is 1. The fourth-order valence-corrected chi connectivity index (χ4v) is 1.63. The molecule has 1 amide bonds. The van der Waals surface area contributed by atoms with Crippen molar-refractivity contribution < 1.29 is 4.79 Å². The summed E-state index contributed by atoms with van der Waals surface area (Å²) >= 11 is 5.80. The standard InChI is InChI=1S/C13H17ClN2O2/c1-10(2)8-12(17)15-6-3-7-16-9-11(14)4-5-13(16)18/h4-5,8-9H,3,6-7H2,1-2H3,(H,15,17). The molecule has 98 valence electrons. The highest BCUT2D eigenvalue weighted by molar-refractivity contribution is 6.30. The quantitative estimate of drug-likeness (QED) is 0.656. The molecule has 0 aliphatic heterocycles. The van der Waals surface area contributed by atoms with E-state index in [4.69, 9.17) is 11.6 Å². The molecule has 1 aromatic rings. The Balaban J connectivity index is 2.38. The van der Waals surface area contributed by atoms with Crippen molar-refractivity contribution in [3.63, 3.8) is 0 Å². The average molecular weight is 269 g/mol. The minimum atomic E-state index is -0.103. The number of carbonyl (C=O) groups excluding carboxylic acids is 1. The third-order valence-corrected chi connectivity index (χ3v) is 2.47. The lowest BCUT2D eigenvalue weighted by Crippen LogP contribution is -2.25. The first kappa shape index (κ1) is 14.5. The van der Waals surface area contributed by atoms with Gasteiger partial charge in [0.2, 0.25) is 5.91 Å². The zero-order valence-electron chi connectivity index (χ0n) is 10.6. The second kappa shape index (κ2) is 7.01. The van der Waals surface area contributed by atoms with Gasteiger partial charge in [0.25, 0.3) is 5.56 Å². The second-order valence-corrected chi connectivity index (χ2v) is 4.68. The Morgan fingerprint density at radius 1 is 1.44 bits per heavy atom. The molecule has 1 aromatic heterocycles. The number of aromatic nitrogens is 1. The van der Waals surface area contributed by atoms with Gasteiger partial charge < -0.3 is 9.88 Å². The summed E-state index contributed by atoms with van der Waals surface area (Å²) in [4.78, 5) is 22.8. The molecule has 4 nitrogen and oxygen atoms in total. The molecule has 1 N–H and O–H groups in total. The van der Waals surface area contributed by atoms with Crippen molar-refractivity contribution in [1.82, 2.24) is 9.88 Å².